The van der Waals surface area contributed by atoms with Crippen molar-refractivity contribution in [3.8, 4) is 11.5 Å². The molecule has 0 saturated carbocycles. The van der Waals surface area contributed by atoms with Crippen LogP contribution in [0.2, 0.25) is 0 Å². The molecule has 3 rings (SSSR count). The van der Waals surface area contributed by atoms with Crippen molar-refractivity contribution >= 4 is 11.7 Å². The van der Waals surface area contributed by atoms with Gasteiger partial charge in [0.05, 0.1) is 13.2 Å². The van der Waals surface area contributed by atoms with E-state index in [1.807, 2.05) is 30.1 Å². The minimum absolute atomic E-state index is 0.0779. The lowest BCUT2D eigenvalue weighted by Crippen LogP contribution is -2.50. The highest BCUT2D eigenvalue weighted by atomic mass is 16.5. The van der Waals surface area contributed by atoms with E-state index < -0.39 is 0 Å². The first-order valence-corrected chi connectivity index (χ1v) is 8.66. The molecule has 2 aliphatic heterocycles. The van der Waals surface area contributed by atoms with Crippen molar-refractivity contribution < 1.29 is 14.3 Å². The molecule has 1 saturated heterocycles. The molecular formula is C18H27N3O3. The van der Waals surface area contributed by atoms with Gasteiger partial charge in [0.25, 0.3) is 0 Å². The van der Waals surface area contributed by atoms with Crippen molar-refractivity contribution in [1.82, 2.24) is 9.80 Å². The number of likely N-dealkylation sites (tertiary alicyclic amines) is 1. The van der Waals surface area contributed by atoms with E-state index >= 15 is 0 Å². The number of amides is 2. The van der Waals surface area contributed by atoms with Gasteiger partial charge in [0, 0.05) is 37.8 Å². The van der Waals surface area contributed by atoms with E-state index in [0.29, 0.717) is 24.9 Å². The minimum Gasteiger partial charge on any atom is -0.490 e. The lowest BCUT2D eigenvalue weighted by molar-refractivity contribution is 0.113. The third kappa shape index (κ3) is 3.75. The van der Waals surface area contributed by atoms with Gasteiger partial charge in [-0.3, -0.25) is 0 Å². The summed E-state index contributed by atoms with van der Waals surface area (Å²) in [5.41, 5.74) is 0.733. The van der Waals surface area contributed by atoms with Gasteiger partial charge in [-0.15, -0.1) is 0 Å². The Morgan fingerprint density at radius 3 is 2.79 bits per heavy atom. The zero-order valence-electron chi connectivity index (χ0n) is 14.7. The maximum atomic E-state index is 12.6. The number of urea groups is 1. The Labute approximate surface area is 143 Å². The lowest BCUT2D eigenvalue weighted by Gasteiger charge is -2.39. The van der Waals surface area contributed by atoms with Crippen LogP contribution < -0.4 is 14.8 Å². The molecule has 24 heavy (non-hydrogen) atoms. The number of rotatable bonds is 2. The zero-order chi connectivity index (χ0) is 17.1. The molecule has 132 valence electrons. The van der Waals surface area contributed by atoms with Crippen LogP contribution in [0.1, 0.15) is 19.8 Å². The molecule has 1 N–H and O–H groups in total. The number of fused-ring (bicyclic) bond motifs is 1. The molecule has 2 heterocycles. The van der Waals surface area contributed by atoms with Crippen molar-refractivity contribution in [2.24, 2.45) is 5.92 Å². The molecule has 1 aromatic rings. The number of carbonyl (C=O) groups is 1. The summed E-state index contributed by atoms with van der Waals surface area (Å²) in [4.78, 5) is 16.8. The van der Waals surface area contributed by atoms with Crippen LogP contribution >= 0.6 is 0 Å². The number of anilines is 1. The van der Waals surface area contributed by atoms with Gasteiger partial charge in [-0.2, -0.15) is 0 Å². The van der Waals surface area contributed by atoms with Crippen LogP contribution in [0.3, 0.4) is 0 Å². The van der Waals surface area contributed by atoms with Gasteiger partial charge in [0.2, 0.25) is 0 Å². The van der Waals surface area contributed by atoms with Crippen LogP contribution in [0.5, 0.6) is 11.5 Å². The minimum atomic E-state index is -0.0779. The van der Waals surface area contributed by atoms with Gasteiger partial charge in [0.15, 0.2) is 11.5 Å². The summed E-state index contributed by atoms with van der Waals surface area (Å²) in [5, 5.41) is 2.98. The van der Waals surface area contributed by atoms with Gasteiger partial charge >= 0.3 is 6.03 Å². The summed E-state index contributed by atoms with van der Waals surface area (Å²) >= 11 is 0. The van der Waals surface area contributed by atoms with Crippen molar-refractivity contribution in [2.45, 2.75) is 25.8 Å². The van der Waals surface area contributed by atoms with Gasteiger partial charge in [-0.05, 0) is 38.1 Å². The molecular weight excluding hydrogens is 306 g/mol. The summed E-state index contributed by atoms with van der Waals surface area (Å²) < 4.78 is 11.3. The summed E-state index contributed by atoms with van der Waals surface area (Å²) in [6.07, 6.45) is 1.87. The molecule has 0 aromatic heterocycles. The topological polar surface area (TPSA) is 54.0 Å². The van der Waals surface area contributed by atoms with E-state index in [4.69, 9.17) is 9.47 Å². The fourth-order valence-corrected chi connectivity index (χ4v) is 3.52. The molecule has 1 fully saturated rings. The molecule has 0 radical (unpaired) electrons. The molecule has 2 amide bonds. The number of hydrogen-bond acceptors (Lipinski definition) is 4. The van der Waals surface area contributed by atoms with Crippen molar-refractivity contribution in [2.75, 3.05) is 45.7 Å². The number of hydrogen-bond donors (Lipinski definition) is 1. The molecule has 0 spiro atoms. The number of benzene rings is 1. The van der Waals surface area contributed by atoms with E-state index in [-0.39, 0.29) is 12.1 Å². The molecule has 2 aliphatic rings. The average molecular weight is 333 g/mol. The number of nitrogens with zero attached hydrogens (tertiary/aromatic N) is 2. The second-order valence-electron chi connectivity index (χ2n) is 6.85. The normalized spacial score (nSPS) is 24.1. The quantitative estimate of drug-likeness (QED) is 0.904. The van der Waals surface area contributed by atoms with Gasteiger partial charge < -0.3 is 24.6 Å². The molecule has 6 heteroatoms. The van der Waals surface area contributed by atoms with Crippen LogP contribution in [0.4, 0.5) is 10.5 Å². The van der Waals surface area contributed by atoms with Crippen LogP contribution in [-0.4, -0.2) is 62.3 Å². The predicted octanol–water partition coefficient (Wildman–Crippen LogP) is 2.65. The summed E-state index contributed by atoms with van der Waals surface area (Å²) in [7, 11) is 4.01. The van der Waals surface area contributed by atoms with E-state index in [2.05, 4.69) is 24.2 Å². The smallest absolute Gasteiger partial charge is 0.321 e. The summed E-state index contributed by atoms with van der Waals surface area (Å²) in [6, 6.07) is 5.74. The molecule has 6 nitrogen and oxygen atoms in total. The molecule has 2 atom stereocenters. The van der Waals surface area contributed by atoms with Crippen LogP contribution in [0, 0.1) is 5.92 Å². The van der Waals surface area contributed by atoms with Crippen LogP contribution in [-0.2, 0) is 0 Å². The Kier molecular flexibility index (Phi) is 5.14. The Bertz CT molecular complexity index is 593. The van der Waals surface area contributed by atoms with Crippen LogP contribution in [0.15, 0.2) is 18.2 Å². The highest BCUT2D eigenvalue weighted by molar-refractivity contribution is 5.89. The largest absolute Gasteiger partial charge is 0.490 e. The fourth-order valence-electron chi connectivity index (χ4n) is 3.52. The van der Waals surface area contributed by atoms with Gasteiger partial charge in [-0.25, -0.2) is 4.79 Å². The number of piperidine rings is 1. The number of nitrogens with one attached hydrogen (secondary N) is 1. The molecule has 1 aromatic carbocycles. The predicted molar refractivity (Wildman–Crippen MR) is 93.9 cm³/mol. The number of carbonyl (C=O) groups excluding carboxylic acids is 1. The maximum Gasteiger partial charge on any atom is 0.321 e. The summed E-state index contributed by atoms with van der Waals surface area (Å²) in [6.45, 7) is 5.55. The second kappa shape index (κ2) is 7.30. The Balaban J connectivity index is 1.65. The third-order valence-electron chi connectivity index (χ3n) is 4.88. The zero-order valence-corrected chi connectivity index (χ0v) is 14.7. The first-order chi connectivity index (χ1) is 11.5. The van der Waals surface area contributed by atoms with Crippen molar-refractivity contribution in [3.05, 3.63) is 18.2 Å². The van der Waals surface area contributed by atoms with E-state index in [0.717, 1.165) is 37.4 Å². The highest BCUT2D eigenvalue weighted by Crippen LogP contribution is 2.32. The summed E-state index contributed by atoms with van der Waals surface area (Å²) in [5.74, 6) is 1.90. The third-order valence-corrected chi connectivity index (χ3v) is 4.88. The first-order valence-electron chi connectivity index (χ1n) is 8.66. The maximum absolute atomic E-state index is 12.6. The van der Waals surface area contributed by atoms with Gasteiger partial charge in [-0.1, -0.05) is 6.92 Å². The molecule has 0 bridgehead atoms. The van der Waals surface area contributed by atoms with Crippen LogP contribution in [0.25, 0.3) is 0 Å². The fraction of sp³-hybridized carbons (Fsp3) is 0.611. The Morgan fingerprint density at radius 1 is 1.29 bits per heavy atom. The van der Waals surface area contributed by atoms with Crippen molar-refractivity contribution in [3.63, 3.8) is 0 Å². The Morgan fingerprint density at radius 2 is 2.04 bits per heavy atom. The SMILES string of the molecule is C[C@@H]1CN(C)CC[C@@H]1N(C)C(=O)Nc1ccc2c(c1)OCCCO2. The second-order valence-corrected chi connectivity index (χ2v) is 6.85. The van der Waals surface area contributed by atoms with E-state index in [9.17, 15) is 4.79 Å². The standard InChI is InChI=1S/C18H27N3O3/c1-13-12-20(2)8-7-15(13)21(3)18(22)19-14-5-6-16-17(11-14)24-10-4-9-23-16/h5-6,11,13,15H,4,7-10,12H2,1-3H3,(H,19,22)/t13-,15+/m1/s1. The average Bonchev–Trinajstić information content (AvgIpc) is 2.79. The number of ether oxygens (including phenoxy) is 2. The van der Waals surface area contributed by atoms with Crippen molar-refractivity contribution in [1.29, 1.82) is 0 Å². The molecule has 0 unspecified atom stereocenters. The van der Waals surface area contributed by atoms with E-state index in [1.54, 1.807) is 0 Å². The lowest BCUT2D eigenvalue weighted by atomic mass is 9.93. The van der Waals surface area contributed by atoms with Gasteiger partial charge in [0.1, 0.15) is 0 Å². The monoisotopic (exact) mass is 333 g/mol. The molecule has 0 aliphatic carbocycles. The highest BCUT2D eigenvalue weighted by Gasteiger charge is 2.30. The first kappa shape index (κ1) is 16.9. The van der Waals surface area contributed by atoms with E-state index in [1.165, 1.54) is 0 Å². The Hall–Kier alpha value is -1.95.